The molecular formula is C17H18N4O3. The minimum Gasteiger partial charge on any atom is -0.497 e. The third-order valence-corrected chi connectivity index (χ3v) is 4.14. The molecule has 4 rings (SSSR count). The van der Waals surface area contributed by atoms with Crippen LogP contribution < -0.4 is 4.74 Å². The molecule has 1 saturated heterocycles. The molecule has 1 aromatic carbocycles. The molecule has 7 heteroatoms. The van der Waals surface area contributed by atoms with Crippen LogP contribution in [0.1, 0.15) is 23.7 Å². The molecular weight excluding hydrogens is 308 g/mol. The molecule has 1 aliphatic heterocycles. The van der Waals surface area contributed by atoms with E-state index in [-0.39, 0.29) is 0 Å². The van der Waals surface area contributed by atoms with E-state index >= 15 is 0 Å². The first kappa shape index (κ1) is 14.9. The molecule has 0 spiro atoms. The number of ether oxygens (including phenoxy) is 2. The molecule has 0 bridgehead atoms. The molecule has 0 saturated carbocycles. The topological polar surface area (TPSA) is 75.2 Å². The summed E-state index contributed by atoms with van der Waals surface area (Å²) in [6.45, 7) is 2.04. The Morgan fingerprint density at radius 1 is 1.33 bits per heavy atom. The average molecular weight is 326 g/mol. The molecule has 124 valence electrons. The fourth-order valence-corrected chi connectivity index (χ4v) is 2.81. The lowest BCUT2D eigenvalue weighted by molar-refractivity contribution is 0.193. The van der Waals surface area contributed by atoms with E-state index in [1.165, 1.54) is 0 Å². The van der Waals surface area contributed by atoms with Crippen molar-refractivity contribution in [3.8, 4) is 17.1 Å². The van der Waals surface area contributed by atoms with Crippen LogP contribution in [0.15, 0.2) is 41.1 Å². The molecule has 24 heavy (non-hydrogen) atoms. The summed E-state index contributed by atoms with van der Waals surface area (Å²) in [5.74, 6) is 1.84. The highest BCUT2D eigenvalue weighted by Crippen LogP contribution is 2.25. The maximum Gasteiger partial charge on any atom is 0.167 e. The van der Waals surface area contributed by atoms with Crippen molar-refractivity contribution in [1.82, 2.24) is 20.2 Å². The van der Waals surface area contributed by atoms with Gasteiger partial charge in [-0.25, -0.2) is 4.68 Å². The van der Waals surface area contributed by atoms with Crippen LogP contribution in [-0.2, 0) is 11.3 Å². The van der Waals surface area contributed by atoms with Gasteiger partial charge in [0.2, 0.25) is 0 Å². The van der Waals surface area contributed by atoms with Crippen LogP contribution in [-0.4, -0.2) is 40.5 Å². The fourth-order valence-electron chi connectivity index (χ4n) is 2.81. The third-order valence-electron chi connectivity index (χ3n) is 4.14. The van der Waals surface area contributed by atoms with Crippen LogP contribution in [0.3, 0.4) is 0 Å². The minimum atomic E-state index is 0.350. The van der Waals surface area contributed by atoms with Crippen LogP contribution in [0.4, 0.5) is 0 Å². The van der Waals surface area contributed by atoms with Gasteiger partial charge < -0.3 is 14.0 Å². The quantitative estimate of drug-likeness (QED) is 0.717. The molecule has 0 radical (unpaired) electrons. The van der Waals surface area contributed by atoms with Gasteiger partial charge in [-0.3, -0.25) is 0 Å². The minimum absolute atomic E-state index is 0.350. The number of hydrogen-bond acceptors (Lipinski definition) is 6. The van der Waals surface area contributed by atoms with Crippen LogP contribution in [0.5, 0.6) is 5.75 Å². The van der Waals surface area contributed by atoms with Crippen LogP contribution in [0.25, 0.3) is 11.3 Å². The van der Waals surface area contributed by atoms with Gasteiger partial charge in [0.15, 0.2) is 5.76 Å². The average Bonchev–Trinajstić information content (AvgIpc) is 3.36. The van der Waals surface area contributed by atoms with Crippen molar-refractivity contribution in [2.75, 3.05) is 20.3 Å². The van der Waals surface area contributed by atoms with Gasteiger partial charge in [0.1, 0.15) is 11.4 Å². The van der Waals surface area contributed by atoms with Crippen LogP contribution >= 0.6 is 0 Å². The smallest absolute Gasteiger partial charge is 0.167 e. The predicted octanol–water partition coefficient (Wildman–Crippen LogP) is 2.49. The van der Waals surface area contributed by atoms with E-state index in [0.717, 1.165) is 42.3 Å². The van der Waals surface area contributed by atoms with Crippen molar-refractivity contribution in [1.29, 1.82) is 0 Å². The zero-order valence-electron chi connectivity index (χ0n) is 13.4. The normalized spacial score (nSPS) is 17.3. The first-order chi connectivity index (χ1) is 11.8. The van der Waals surface area contributed by atoms with E-state index in [1.54, 1.807) is 11.8 Å². The number of aromatic nitrogens is 4. The van der Waals surface area contributed by atoms with Crippen molar-refractivity contribution < 1.29 is 14.0 Å². The van der Waals surface area contributed by atoms with E-state index in [9.17, 15) is 0 Å². The second-order valence-electron chi connectivity index (χ2n) is 5.82. The van der Waals surface area contributed by atoms with E-state index in [2.05, 4.69) is 15.5 Å². The SMILES string of the molecule is COc1cccc(-c2cc(Cn3cc(C4CCOC4)nn3)no2)c1. The fraction of sp³-hybridized carbons (Fsp3) is 0.353. The Morgan fingerprint density at radius 2 is 2.29 bits per heavy atom. The van der Waals surface area contributed by atoms with Crippen molar-refractivity contribution in [2.45, 2.75) is 18.9 Å². The van der Waals surface area contributed by atoms with Gasteiger partial charge >= 0.3 is 0 Å². The monoisotopic (exact) mass is 326 g/mol. The molecule has 3 aromatic rings. The summed E-state index contributed by atoms with van der Waals surface area (Å²) in [7, 11) is 1.64. The summed E-state index contributed by atoms with van der Waals surface area (Å²) >= 11 is 0. The summed E-state index contributed by atoms with van der Waals surface area (Å²) < 4.78 is 17.9. The number of benzene rings is 1. The van der Waals surface area contributed by atoms with Gasteiger partial charge in [-0.2, -0.15) is 0 Å². The highest BCUT2D eigenvalue weighted by Gasteiger charge is 2.21. The Labute approximate surface area is 139 Å². The summed E-state index contributed by atoms with van der Waals surface area (Å²) in [5, 5.41) is 12.5. The molecule has 1 atom stereocenters. The van der Waals surface area contributed by atoms with E-state index in [4.69, 9.17) is 14.0 Å². The van der Waals surface area contributed by atoms with Gasteiger partial charge in [-0.05, 0) is 18.6 Å². The van der Waals surface area contributed by atoms with Gasteiger partial charge in [0.05, 0.1) is 26.0 Å². The Hall–Kier alpha value is -2.67. The molecule has 7 nitrogen and oxygen atoms in total. The van der Waals surface area contributed by atoms with Gasteiger partial charge in [0.25, 0.3) is 0 Å². The molecule has 0 aliphatic carbocycles. The number of methoxy groups -OCH3 is 1. The second-order valence-corrected chi connectivity index (χ2v) is 5.82. The van der Waals surface area contributed by atoms with E-state index in [1.807, 2.05) is 36.5 Å². The van der Waals surface area contributed by atoms with Crippen molar-refractivity contribution in [3.05, 3.63) is 47.9 Å². The van der Waals surface area contributed by atoms with Gasteiger partial charge in [0, 0.05) is 30.4 Å². The Balaban J connectivity index is 1.48. The summed E-state index contributed by atoms with van der Waals surface area (Å²) in [6, 6.07) is 9.60. The standard InChI is InChI=1S/C17H18N4O3/c1-22-15-4-2-3-12(7-15)17-8-14(19-24-17)9-21-10-16(18-20-21)13-5-6-23-11-13/h2-4,7-8,10,13H,5-6,9,11H2,1H3. The summed E-state index contributed by atoms with van der Waals surface area (Å²) in [5.41, 5.74) is 2.70. The number of rotatable bonds is 5. The van der Waals surface area contributed by atoms with Crippen molar-refractivity contribution in [3.63, 3.8) is 0 Å². The van der Waals surface area contributed by atoms with Crippen LogP contribution in [0.2, 0.25) is 0 Å². The van der Waals surface area contributed by atoms with Gasteiger partial charge in [-0.1, -0.05) is 22.5 Å². The highest BCUT2D eigenvalue weighted by molar-refractivity contribution is 5.59. The van der Waals surface area contributed by atoms with Gasteiger partial charge in [-0.15, -0.1) is 5.10 Å². The first-order valence-electron chi connectivity index (χ1n) is 7.89. The zero-order valence-corrected chi connectivity index (χ0v) is 13.4. The van der Waals surface area contributed by atoms with Crippen molar-refractivity contribution >= 4 is 0 Å². The lowest BCUT2D eigenvalue weighted by Crippen LogP contribution is -2.00. The lowest BCUT2D eigenvalue weighted by Gasteiger charge is -2.00. The number of nitrogens with zero attached hydrogens (tertiary/aromatic N) is 4. The maximum atomic E-state index is 5.44. The van der Waals surface area contributed by atoms with E-state index in [0.29, 0.717) is 18.2 Å². The molecule has 1 unspecified atom stereocenters. The molecule has 3 heterocycles. The summed E-state index contributed by atoms with van der Waals surface area (Å²) in [4.78, 5) is 0. The molecule has 0 N–H and O–H groups in total. The van der Waals surface area contributed by atoms with Crippen LogP contribution in [0, 0.1) is 0 Å². The second kappa shape index (κ2) is 6.45. The zero-order chi connectivity index (χ0) is 16.4. The third kappa shape index (κ3) is 3.03. The summed E-state index contributed by atoms with van der Waals surface area (Å²) in [6.07, 6.45) is 2.96. The molecule has 1 aliphatic rings. The number of hydrogen-bond donors (Lipinski definition) is 0. The van der Waals surface area contributed by atoms with E-state index < -0.39 is 0 Å². The van der Waals surface area contributed by atoms with Crippen molar-refractivity contribution in [2.24, 2.45) is 0 Å². The Kier molecular flexibility index (Phi) is 4.00. The molecule has 1 fully saturated rings. The highest BCUT2D eigenvalue weighted by atomic mass is 16.5. The maximum absolute atomic E-state index is 5.44. The first-order valence-corrected chi connectivity index (χ1v) is 7.89. The predicted molar refractivity (Wildman–Crippen MR) is 85.8 cm³/mol. The molecule has 2 aromatic heterocycles. The molecule has 0 amide bonds. The Morgan fingerprint density at radius 3 is 3.12 bits per heavy atom. The largest absolute Gasteiger partial charge is 0.497 e. The Bertz CT molecular complexity index is 821. The lowest BCUT2D eigenvalue weighted by atomic mass is 10.1.